The van der Waals surface area contributed by atoms with Crippen LogP contribution in [0.3, 0.4) is 0 Å². The van der Waals surface area contributed by atoms with Gasteiger partial charge in [0, 0.05) is 20.1 Å². The number of methoxy groups -OCH3 is 1. The summed E-state index contributed by atoms with van der Waals surface area (Å²) >= 11 is 0. The fourth-order valence-corrected chi connectivity index (χ4v) is 1.60. The van der Waals surface area contributed by atoms with Crippen LogP contribution in [0.15, 0.2) is 0 Å². The Morgan fingerprint density at radius 1 is 0.556 bits per heavy atom. The summed E-state index contributed by atoms with van der Waals surface area (Å²) in [4.78, 5) is 0. The van der Waals surface area contributed by atoms with Crippen LogP contribution in [-0.4, -0.2) is 62.7 Å². The highest BCUT2D eigenvalue weighted by Crippen LogP contribution is 2.60. The number of hydrogen-bond donors (Lipinski definition) is 0. The molecule has 0 saturated heterocycles. The molecule has 0 aliphatic rings. The first-order valence-corrected chi connectivity index (χ1v) is 6.83. The summed E-state index contributed by atoms with van der Waals surface area (Å²) in [6.07, 6.45) is -10.8. The lowest BCUT2D eigenvalue weighted by Gasteiger charge is -2.39. The third-order valence-electron chi connectivity index (χ3n) is 3.21. The molecule has 0 N–H and O–H groups in total. The van der Waals surface area contributed by atoms with Gasteiger partial charge in [-0.25, -0.2) is 0 Å². The summed E-state index contributed by atoms with van der Waals surface area (Å²) in [5, 5.41) is 0. The van der Waals surface area contributed by atoms with Crippen molar-refractivity contribution in [1.82, 2.24) is 0 Å². The molecule has 0 aliphatic heterocycles. The molecular formula is C12H13F13O2. The predicted octanol–water partition coefficient (Wildman–Crippen LogP) is 5.17. The van der Waals surface area contributed by atoms with E-state index >= 15 is 0 Å². The van der Waals surface area contributed by atoms with Gasteiger partial charge in [0.2, 0.25) is 0 Å². The largest absolute Gasteiger partial charge is 0.460 e. The second-order valence-corrected chi connectivity index (χ2v) is 5.21. The lowest BCUT2D eigenvalue weighted by Crippen LogP contribution is -2.70. The monoisotopic (exact) mass is 436 g/mol. The molecule has 0 atom stereocenters. The van der Waals surface area contributed by atoms with E-state index in [0.717, 1.165) is 0 Å². The molecular weight excluding hydrogens is 423 g/mol. The van der Waals surface area contributed by atoms with E-state index in [1.807, 2.05) is 0 Å². The van der Waals surface area contributed by atoms with Gasteiger partial charge in [-0.15, -0.1) is 0 Å². The Morgan fingerprint density at radius 2 is 1.00 bits per heavy atom. The topological polar surface area (TPSA) is 18.5 Å². The molecule has 0 amide bonds. The zero-order valence-electron chi connectivity index (χ0n) is 13.3. The Labute approximate surface area is 143 Å². The summed E-state index contributed by atoms with van der Waals surface area (Å²) in [5.74, 6) is -36.6. The molecule has 0 aromatic carbocycles. The van der Waals surface area contributed by atoms with Crippen molar-refractivity contribution in [3.8, 4) is 0 Å². The molecule has 0 fully saturated rings. The highest BCUT2D eigenvalue weighted by molar-refractivity contribution is 5.10. The standard InChI is InChI=1S/C12H13F13O2/c1-26-5-6-27-4-2-3-7(13,14)8(15,16)9(17,18)10(19,20)11(21,22)12(23,24)25/h2-6H2,1H3. The average Bonchev–Trinajstić information content (AvgIpc) is 2.48. The molecule has 0 rings (SSSR count). The van der Waals surface area contributed by atoms with Crippen LogP contribution in [0.25, 0.3) is 0 Å². The van der Waals surface area contributed by atoms with Crippen LogP contribution in [-0.2, 0) is 9.47 Å². The highest BCUT2D eigenvalue weighted by atomic mass is 19.4. The van der Waals surface area contributed by atoms with Crippen LogP contribution in [0.5, 0.6) is 0 Å². The van der Waals surface area contributed by atoms with Gasteiger partial charge in [0.25, 0.3) is 0 Å². The Kier molecular flexibility index (Phi) is 7.87. The second kappa shape index (κ2) is 8.17. The minimum atomic E-state index is -7.86. The van der Waals surface area contributed by atoms with Crippen molar-refractivity contribution in [2.75, 3.05) is 26.9 Å². The summed E-state index contributed by atoms with van der Waals surface area (Å²) in [6, 6.07) is 0. The van der Waals surface area contributed by atoms with Gasteiger partial charge in [-0.05, 0) is 6.42 Å². The van der Waals surface area contributed by atoms with Gasteiger partial charge in [-0.1, -0.05) is 0 Å². The van der Waals surface area contributed by atoms with Crippen molar-refractivity contribution < 1.29 is 66.5 Å². The molecule has 0 radical (unpaired) electrons. The van der Waals surface area contributed by atoms with E-state index in [-0.39, 0.29) is 13.2 Å². The lowest BCUT2D eigenvalue weighted by atomic mass is 9.92. The molecule has 0 aromatic rings. The van der Waals surface area contributed by atoms with Crippen molar-refractivity contribution in [3.05, 3.63) is 0 Å². The van der Waals surface area contributed by atoms with Crippen molar-refractivity contribution >= 4 is 0 Å². The van der Waals surface area contributed by atoms with Gasteiger partial charge in [0.15, 0.2) is 0 Å². The second-order valence-electron chi connectivity index (χ2n) is 5.21. The number of alkyl halides is 13. The van der Waals surface area contributed by atoms with Crippen molar-refractivity contribution in [2.45, 2.75) is 48.6 Å². The first-order chi connectivity index (χ1) is 11.8. The summed E-state index contributed by atoms with van der Waals surface area (Å²) < 4.78 is 175. The van der Waals surface area contributed by atoms with Gasteiger partial charge in [-0.3, -0.25) is 0 Å². The van der Waals surface area contributed by atoms with E-state index < -0.39 is 55.2 Å². The third-order valence-corrected chi connectivity index (χ3v) is 3.21. The molecule has 0 heterocycles. The fraction of sp³-hybridized carbons (Fsp3) is 1.00. The smallest absolute Gasteiger partial charge is 0.382 e. The molecule has 0 bridgehead atoms. The molecule has 0 saturated carbocycles. The number of ether oxygens (including phenoxy) is 2. The van der Waals surface area contributed by atoms with E-state index in [1.54, 1.807) is 0 Å². The number of rotatable bonds is 11. The van der Waals surface area contributed by atoms with E-state index in [9.17, 15) is 57.1 Å². The van der Waals surface area contributed by atoms with Crippen molar-refractivity contribution in [3.63, 3.8) is 0 Å². The first kappa shape index (κ1) is 26.0. The van der Waals surface area contributed by atoms with Crippen LogP contribution in [0, 0.1) is 0 Å². The van der Waals surface area contributed by atoms with Crippen LogP contribution >= 0.6 is 0 Å². The van der Waals surface area contributed by atoms with Crippen LogP contribution in [0.4, 0.5) is 57.1 Å². The molecule has 0 unspecified atom stereocenters. The highest BCUT2D eigenvalue weighted by Gasteiger charge is 2.90. The maximum absolute atomic E-state index is 13.3. The molecule has 27 heavy (non-hydrogen) atoms. The number of hydrogen-bond acceptors (Lipinski definition) is 2. The quantitative estimate of drug-likeness (QED) is 0.329. The maximum Gasteiger partial charge on any atom is 0.460 e. The Morgan fingerprint density at radius 3 is 1.41 bits per heavy atom. The molecule has 0 aromatic heterocycles. The summed E-state index contributed by atoms with van der Waals surface area (Å²) in [6.45, 7) is -1.05. The number of halogens is 13. The van der Waals surface area contributed by atoms with E-state index in [1.165, 1.54) is 7.11 Å². The normalized spacial score (nSPS) is 15.3. The van der Waals surface area contributed by atoms with Crippen LogP contribution in [0.1, 0.15) is 12.8 Å². The zero-order valence-corrected chi connectivity index (χ0v) is 13.3. The zero-order chi connectivity index (χ0) is 21.9. The molecule has 164 valence electrons. The minimum absolute atomic E-state index is 0.0661. The van der Waals surface area contributed by atoms with Gasteiger partial charge in [-0.2, -0.15) is 57.1 Å². The van der Waals surface area contributed by atoms with Crippen LogP contribution in [0.2, 0.25) is 0 Å². The average molecular weight is 436 g/mol. The van der Waals surface area contributed by atoms with Crippen molar-refractivity contribution in [1.29, 1.82) is 0 Å². The van der Waals surface area contributed by atoms with Gasteiger partial charge >= 0.3 is 35.8 Å². The SMILES string of the molecule is COCCOCCCC(F)(F)C(F)(F)C(F)(F)C(F)(F)C(F)(F)C(F)(F)F. The molecule has 0 aliphatic carbocycles. The Balaban J connectivity index is 5.50. The lowest BCUT2D eigenvalue weighted by molar-refractivity contribution is -0.440. The molecule has 15 heteroatoms. The molecule has 0 spiro atoms. The molecule has 2 nitrogen and oxygen atoms in total. The Hall–Kier alpha value is -0.990. The van der Waals surface area contributed by atoms with E-state index in [0.29, 0.717) is 0 Å². The van der Waals surface area contributed by atoms with E-state index in [4.69, 9.17) is 0 Å². The van der Waals surface area contributed by atoms with Crippen LogP contribution < -0.4 is 0 Å². The summed E-state index contributed by atoms with van der Waals surface area (Å²) in [7, 11) is 1.21. The fourth-order valence-electron chi connectivity index (χ4n) is 1.60. The van der Waals surface area contributed by atoms with Crippen molar-refractivity contribution in [2.24, 2.45) is 0 Å². The van der Waals surface area contributed by atoms with Gasteiger partial charge < -0.3 is 9.47 Å². The predicted molar refractivity (Wildman–Crippen MR) is 62.7 cm³/mol. The van der Waals surface area contributed by atoms with E-state index in [2.05, 4.69) is 9.47 Å². The third kappa shape index (κ3) is 4.71. The summed E-state index contributed by atoms with van der Waals surface area (Å²) in [5.41, 5.74) is 0. The Bertz CT molecular complexity index is 472. The van der Waals surface area contributed by atoms with Gasteiger partial charge in [0.1, 0.15) is 0 Å². The minimum Gasteiger partial charge on any atom is -0.382 e. The maximum atomic E-state index is 13.3. The first-order valence-electron chi connectivity index (χ1n) is 6.83. The van der Waals surface area contributed by atoms with Gasteiger partial charge in [0.05, 0.1) is 13.2 Å².